The molecule has 3 aliphatic rings. The van der Waals surface area contributed by atoms with E-state index in [1.807, 2.05) is 24.9 Å². The molecule has 10 nitrogen and oxygen atoms in total. The van der Waals surface area contributed by atoms with Gasteiger partial charge in [0, 0.05) is 27.3 Å². The van der Waals surface area contributed by atoms with E-state index in [-0.39, 0.29) is 6.10 Å². The molecule has 2 aromatic rings. The Labute approximate surface area is 188 Å². The second kappa shape index (κ2) is 8.11. The minimum absolute atomic E-state index is 0.0106. The van der Waals surface area contributed by atoms with Gasteiger partial charge < -0.3 is 14.9 Å². The number of ether oxygens (including phenoxy) is 1. The highest BCUT2D eigenvalue weighted by Gasteiger charge is 2.52. The van der Waals surface area contributed by atoms with Crippen molar-refractivity contribution < 1.29 is 24.0 Å². The maximum atomic E-state index is 10.9. The van der Waals surface area contributed by atoms with Gasteiger partial charge in [-0.05, 0) is 12.8 Å². The van der Waals surface area contributed by atoms with Gasteiger partial charge in [-0.25, -0.2) is 14.1 Å². The van der Waals surface area contributed by atoms with E-state index in [4.69, 9.17) is 9.26 Å². The number of hydrazone groups is 1. The van der Waals surface area contributed by atoms with E-state index in [1.54, 1.807) is 9.58 Å². The van der Waals surface area contributed by atoms with Crippen molar-refractivity contribution >= 4 is 35.9 Å². The molecule has 0 radical (unpaired) electrons. The second-order valence-electron chi connectivity index (χ2n) is 8.74. The normalized spacial score (nSPS) is 31.4. The lowest BCUT2D eigenvalue weighted by atomic mass is 10.0. The number of nitrogens with zero attached hydrogens (tertiary/aromatic N) is 6. The third kappa shape index (κ3) is 3.36. The summed E-state index contributed by atoms with van der Waals surface area (Å²) in [6.07, 6.45) is 2.38. The third-order valence-electron chi connectivity index (χ3n) is 6.72. The minimum Gasteiger partial charge on any atom is -0.387 e. The Morgan fingerprint density at radius 3 is 2.72 bits per heavy atom. The lowest BCUT2D eigenvalue weighted by Crippen LogP contribution is -2.46. The fraction of sp³-hybridized carbons (Fsp3) is 0.667. The molecule has 3 aliphatic heterocycles. The molecular weight excluding hydrogens is 431 g/mol. The van der Waals surface area contributed by atoms with Crippen molar-refractivity contribution in [2.75, 3.05) is 12.1 Å². The first-order valence-corrected chi connectivity index (χ1v) is 12.6. The molecule has 5 rings (SSSR count). The van der Waals surface area contributed by atoms with Crippen molar-refractivity contribution in [3.63, 3.8) is 0 Å². The number of anilines is 1. The van der Waals surface area contributed by atoms with Gasteiger partial charge in [-0.3, -0.25) is 0 Å². The molecular formula is C21H31N6O4P+2. The Hall–Kier alpha value is -1.97. The van der Waals surface area contributed by atoms with Gasteiger partial charge in [-0.15, -0.1) is 5.10 Å². The van der Waals surface area contributed by atoms with E-state index in [9.17, 15) is 10.2 Å². The van der Waals surface area contributed by atoms with E-state index < -0.39 is 32.3 Å². The summed E-state index contributed by atoms with van der Waals surface area (Å²) in [4.78, 5) is 8.79. The SMILES string of the molecule is CCC(C[C@H]1O[C@H]([n+]2cn3c4c(ncnc42)N(C)N=C3C)[C@H](O)C1O)O[P+]1=C(C)C1CC. The van der Waals surface area contributed by atoms with Crippen LogP contribution < -0.4 is 9.58 Å². The van der Waals surface area contributed by atoms with E-state index >= 15 is 0 Å². The van der Waals surface area contributed by atoms with Crippen molar-refractivity contribution in [3.8, 4) is 0 Å². The van der Waals surface area contributed by atoms with Crippen LogP contribution in [0.15, 0.2) is 17.8 Å². The van der Waals surface area contributed by atoms with Gasteiger partial charge in [0.1, 0.15) is 18.3 Å². The van der Waals surface area contributed by atoms with Crippen molar-refractivity contribution in [2.24, 2.45) is 5.10 Å². The summed E-state index contributed by atoms with van der Waals surface area (Å²) in [5, 5.41) is 29.4. The first-order valence-electron chi connectivity index (χ1n) is 11.2. The average Bonchev–Trinajstić information content (AvgIpc) is 3.09. The van der Waals surface area contributed by atoms with Crippen LogP contribution in [0.2, 0.25) is 0 Å². The number of rotatable bonds is 7. The zero-order valence-electron chi connectivity index (χ0n) is 19.1. The molecule has 2 N–H and O–H groups in total. The van der Waals surface area contributed by atoms with Crippen LogP contribution in [-0.2, 0) is 9.26 Å². The first kappa shape index (κ1) is 21.9. The minimum atomic E-state index is -1.08. The molecule has 1 fully saturated rings. The topological polar surface area (TPSA) is 109 Å². The molecule has 1 saturated heterocycles. The molecule has 2 aromatic heterocycles. The van der Waals surface area contributed by atoms with Gasteiger partial charge in [-0.1, -0.05) is 18.8 Å². The predicted octanol–water partition coefficient (Wildman–Crippen LogP) is 1.54. The molecule has 0 aliphatic carbocycles. The monoisotopic (exact) mass is 462 g/mol. The summed E-state index contributed by atoms with van der Waals surface area (Å²) in [5.74, 6) is 1.43. The summed E-state index contributed by atoms with van der Waals surface area (Å²) in [7, 11) is 1.36. The van der Waals surface area contributed by atoms with E-state index in [2.05, 4.69) is 35.8 Å². The quantitative estimate of drug-likeness (QED) is 0.475. The lowest BCUT2D eigenvalue weighted by Gasteiger charge is -2.17. The molecule has 4 unspecified atom stereocenters. The highest BCUT2D eigenvalue weighted by molar-refractivity contribution is 7.66. The fourth-order valence-electron chi connectivity index (χ4n) is 4.78. The van der Waals surface area contributed by atoms with E-state index in [1.165, 1.54) is 11.6 Å². The molecule has 11 heteroatoms. The Bertz CT molecular complexity index is 1120. The highest BCUT2D eigenvalue weighted by Crippen LogP contribution is 2.53. The summed E-state index contributed by atoms with van der Waals surface area (Å²) in [6.45, 7) is 8.34. The van der Waals surface area contributed by atoms with Crippen LogP contribution >= 0.6 is 7.77 Å². The van der Waals surface area contributed by atoms with Crippen LogP contribution in [0.5, 0.6) is 0 Å². The molecule has 0 bridgehead atoms. The molecule has 7 atom stereocenters. The highest BCUT2D eigenvalue weighted by atomic mass is 31.1. The van der Waals surface area contributed by atoms with Crippen molar-refractivity contribution in [1.82, 2.24) is 14.5 Å². The van der Waals surface area contributed by atoms with Crippen LogP contribution in [0.1, 0.15) is 53.2 Å². The van der Waals surface area contributed by atoms with Gasteiger partial charge in [0.2, 0.25) is 17.4 Å². The van der Waals surface area contributed by atoms with Crippen molar-refractivity contribution in [3.05, 3.63) is 12.7 Å². The van der Waals surface area contributed by atoms with Crippen LogP contribution in [-0.4, -0.2) is 73.0 Å². The molecule has 32 heavy (non-hydrogen) atoms. The number of aliphatic hydroxyl groups excluding tert-OH is 2. The standard InChI is InChI=1S/C21H31N6O4P/c1-6-13(31-32-11(3)15(32)7-2)8-14-17(28)18(29)21(30-14)27-10-26-12(4)24-25(5)19-16(26)20(27)23-9-22-19/h9-10,13-15,17-18,21,28-29H,6-8H2,1-5H3/q+2/t13?,14-,15?,17?,18-,21+/m1/s1. The lowest BCUT2D eigenvalue weighted by molar-refractivity contribution is -0.745. The maximum Gasteiger partial charge on any atom is 0.310 e. The number of hydrogen-bond donors (Lipinski definition) is 2. The predicted molar refractivity (Wildman–Crippen MR) is 122 cm³/mol. The van der Waals surface area contributed by atoms with Gasteiger partial charge in [0.05, 0.1) is 6.10 Å². The Kier molecular flexibility index (Phi) is 5.54. The van der Waals surface area contributed by atoms with Crippen molar-refractivity contribution in [1.29, 1.82) is 0 Å². The second-order valence-corrected chi connectivity index (χ2v) is 10.9. The number of aromatic nitrogens is 4. The van der Waals surface area contributed by atoms with E-state index in [0.29, 0.717) is 23.5 Å². The summed E-state index contributed by atoms with van der Waals surface area (Å²) >= 11 is 0. The van der Waals surface area contributed by atoms with Crippen LogP contribution in [0, 0.1) is 0 Å². The van der Waals surface area contributed by atoms with Gasteiger partial charge in [-0.2, -0.15) is 9.51 Å². The Balaban J connectivity index is 1.40. The third-order valence-corrected chi connectivity index (χ3v) is 9.29. The molecule has 0 spiro atoms. The van der Waals surface area contributed by atoms with Crippen LogP contribution in [0.4, 0.5) is 5.82 Å². The summed E-state index contributed by atoms with van der Waals surface area (Å²) in [6, 6.07) is 0. The van der Waals surface area contributed by atoms with Crippen LogP contribution in [0.3, 0.4) is 0 Å². The van der Waals surface area contributed by atoms with Gasteiger partial charge in [0.15, 0.2) is 29.6 Å². The number of aliphatic hydroxyl groups is 2. The maximum absolute atomic E-state index is 10.9. The summed E-state index contributed by atoms with van der Waals surface area (Å²) in [5.41, 5.74) is 2.01. The molecule has 0 amide bonds. The smallest absolute Gasteiger partial charge is 0.310 e. The molecule has 0 aromatic carbocycles. The zero-order valence-corrected chi connectivity index (χ0v) is 20.0. The van der Waals surface area contributed by atoms with Crippen molar-refractivity contribution in [2.45, 2.75) is 83.3 Å². The first-order chi connectivity index (χ1) is 15.3. The average molecular weight is 462 g/mol. The van der Waals surface area contributed by atoms with Gasteiger partial charge >= 0.3 is 5.65 Å². The van der Waals surface area contributed by atoms with Gasteiger partial charge in [0.25, 0.3) is 7.77 Å². The largest absolute Gasteiger partial charge is 0.387 e. The van der Waals surface area contributed by atoms with E-state index in [0.717, 1.165) is 24.2 Å². The number of imidazole rings is 1. The Morgan fingerprint density at radius 2 is 2.03 bits per heavy atom. The Morgan fingerprint density at radius 1 is 1.25 bits per heavy atom. The molecule has 5 heterocycles. The molecule has 0 saturated carbocycles. The number of hydrogen-bond acceptors (Lipinski definition) is 8. The van der Waals surface area contributed by atoms with Crippen LogP contribution in [0.25, 0.3) is 11.2 Å². The fourth-order valence-corrected chi connectivity index (χ4v) is 6.95. The zero-order chi connectivity index (χ0) is 22.7. The summed E-state index contributed by atoms with van der Waals surface area (Å²) < 4.78 is 16.2. The molecule has 172 valence electrons.